The third-order valence-electron chi connectivity index (χ3n) is 2.02. The molecule has 16 heavy (non-hydrogen) atoms. The summed E-state index contributed by atoms with van der Waals surface area (Å²) in [4.78, 5) is 11.8. The van der Waals surface area contributed by atoms with Crippen molar-refractivity contribution in [2.24, 2.45) is 0 Å². The number of unbranched alkanes of at least 4 members (excludes halogenated alkanes) is 1. The van der Waals surface area contributed by atoms with Crippen molar-refractivity contribution in [2.75, 3.05) is 11.0 Å². The molecule has 1 rings (SSSR count). The molecular weight excluding hydrogens is 449 g/mol. The molecule has 0 radical (unpaired) electrons. The van der Waals surface area contributed by atoms with E-state index in [0.717, 1.165) is 32.8 Å². The normalized spacial score (nSPS) is 10.2. The van der Waals surface area contributed by atoms with Crippen molar-refractivity contribution >= 4 is 60.4 Å². The van der Waals surface area contributed by atoms with E-state index in [9.17, 15) is 4.79 Å². The van der Waals surface area contributed by atoms with Crippen LogP contribution in [0.25, 0.3) is 0 Å². The van der Waals surface area contributed by atoms with Crippen LogP contribution in [0.2, 0.25) is 0 Å². The van der Waals surface area contributed by atoms with E-state index in [4.69, 9.17) is 0 Å². The van der Waals surface area contributed by atoms with Crippen LogP contribution >= 0.6 is 54.5 Å². The van der Waals surface area contributed by atoms with Gasteiger partial charge in [0, 0.05) is 15.5 Å². The molecule has 0 fully saturated rings. The van der Waals surface area contributed by atoms with Gasteiger partial charge in [-0.25, -0.2) is 0 Å². The van der Waals surface area contributed by atoms with Gasteiger partial charge in [0.2, 0.25) is 0 Å². The van der Waals surface area contributed by atoms with E-state index in [2.05, 4.69) is 59.8 Å². The second kappa shape index (κ2) is 7.66. The van der Waals surface area contributed by atoms with Gasteiger partial charge in [-0.3, -0.25) is 4.79 Å². The summed E-state index contributed by atoms with van der Waals surface area (Å²) in [5.74, 6) is -0.0205. The maximum absolute atomic E-state index is 11.8. The molecule has 0 saturated carbocycles. The van der Waals surface area contributed by atoms with Gasteiger partial charge >= 0.3 is 0 Å². The number of benzene rings is 1. The molecular formula is C11H12Br2INO. The molecule has 88 valence electrons. The fraction of sp³-hybridized carbons (Fsp3) is 0.364. The minimum Gasteiger partial charge on any atom is -0.352 e. The van der Waals surface area contributed by atoms with Crippen LogP contribution < -0.4 is 5.32 Å². The van der Waals surface area contributed by atoms with E-state index in [1.807, 2.05) is 18.2 Å². The molecule has 0 unspecified atom stereocenters. The number of carbonyl (C=O) groups excluding carboxylic acids is 1. The lowest BCUT2D eigenvalue weighted by Crippen LogP contribution is -2.24. The van der Waals surface area contributed by atoms with Crippen molar-refractivity contribution in [3.63, 3.8) is 0 Å². The highest BCUT2D eigenvalue weighted by Crippen LogP contribution is 2.21. The lowest BCUT2D eigenvalue weighted by Gasteiger charge is -2.06. The Hall–Kier alpha value is 0.380. The summed E-state index contributed by atoms with van der Waals surface area (Å²) in [6.45, 7) is 0.740. The SMILES string of the molecule is O=C(NCCCCI)c1ccc(Br)cc1Br. The van der Waals surface area contributed by atoms with Crippen molar-refractivity contribution in [3.05, 3.63) is 32.7 Å². The van der Waals surface area contributed by atoms with Crippen molar-refractivity contribution < 1.29 is 4.79 Å². The Morgan fingerprint density at radius 3 is 2.69 bits per heavy atom. The number of nitrogens with one attached hydrogen (secondary N) is 1. The second-order valence-corrected chi connectivity index (χ2v) is 6.12. The summed E-state index contributed by atoms with van der Waals surface area (Å²) in [5, 5.41) is 2.91. The van der Waals surface area contributed by atoms with E-state index in [1.165, 1.54) is 0 Å². The maximum atomic E-state index is 11.8. The molecule has 0 heterocycles. The largest absolute Gasteiger partial charge is 0.352 e. The number of hydrogen-bond acceptors (Lipinski definition) is 1. The molecule has 0 spiro atoms. The minimum atomic E-state index is -0.0205. The maximum Gasteiger partial charge on any atom is 0.252 e. The van der Waals surface area contributed by atoms with E-state index >= 15 is 0 Å². The number of halogens is 3. The first-order valence-corrected chi connectivity index (χ1v) is 8.05. The number of carbonyl (C=O) groups is 1. The Labute approximate surface area is 126 Å². The van der Waals surface area contributed by atoms with Crippen molar-refractivity contribution in [1.29, 1.82) is 0 Å². The molecule has 1 aromatic rings. The lowest BCUT2D eigenvalue weighted by molar-refractivity contribution is 0.0952. The van der Waals surface area contributed by atoms with Crippen LogP contribution in [0, 0.1) is 0 Å². The van der Waals surface area contributed by atoms with E-state index in [-0.39, 0.29) is 5.91 Å². The zero-order valence-corrected chi connectivity index (χ0v) is 13.9. The van der Waals surface area contributed by atoms with Crippen LogP contribution in [0.15, 0.2) is 27.1 Å². The van der Waals surface area contributed by atoms with Crippen molar-refractivity contribution in [1.82, 2.24) is 5.32 Å². The highest BCUT2D eigenvalue weighted by atomic mass is 127. The molecule has 0 aliphatic carbocycles. The Bertz CT molecular complexity index is 371. The van der Waals surface area contributed by atoms with Crippen LogP contribution in [0.4, 0.5) is 0 Å². The molecule has 2 nitrogen and oxygen atoms in total. The minimum absolute atomic E-state index is 0.0205. The van der Waals surface area contributed by atoms with Crippen molar-refractivity contribution in [2.45, 2.75) is 12.8 Å². The van der Waals surface area contributed by atoms with Gasteiger partial charge < -0.3 is 5.32 Å². The highest BCUT2D eigenvalue weighted by molar-refractivity contribution is 14.1. The molecule has 5 heteroatoms. The van der Waals surface area contributed by atoms with Crippen LogP contribution in [0.3, 0.4) is 0 Å². The van der Waals surface area contributed by atoms with Gasteiger partial charge in [0.15, 0.2) is 0 Å². The summed E-state index contributed by atoms with van der Waals surface area (Å²) in [5.41, 5.74) is 0.678. The Morgan fingerprint density at radius 2 is 2.06 bits per heavy atom. The lowest BCUT2D eigenvalue weighted by atomic mass is 10.2. The average molecular weight is 461 g/mol. The molecule has 0 aliphatic rings. The average Bonchev–Trinajstić information content (AvgIpc) is 2.24. The number of amides is 1. The molecule has 0 aromatic heterocycles. The molecule has 0 saturated heterocycles. The van der Waals surface area contributed by atoms with Gasteiger partial charge in [0.1, 0.15) is 0 Å². The quantitative estimate of drug-likeness (QED) is 0.399. The molecule has 0 bridgehead atoms. The number of alkyl halides is 1. The fourth-order valence-electron chi connectivity index (χ4n) is 1.19. The Morgan fingerprint density at radius 1 is 1.31 bits per heavy atom. The van der Waals surface area contributed by atoms with Crippen molar-refractivity contribution in [3.8, 4) is 0 Å². The van der Waals surface area contributed by atoms with E-state index in [1.54, 1.807) is 0 Å². The molecule has 1 N–H and O–H groups in total. The third kappa shape index (κ3) is 4.71. The molecule has 1 aromatic carbocycles. The fourth-order valence-corrected chi connectivity index (χ4v) is 2.96. The van der Waals surface area contributed by atoms with Gasteiger partial charge in [0.25, 0.3) is 5.91 Å². The van der Waals surface area contributed by atoms with E-state index in [0.29, 0.717) is 5.56 Å². The van der Waals surface area contributed by atoms with Gasteiger partial charge in [0.05, 0.1) is 5.56 Å². The van der Waals surface area contributed by atoms with E-state index < -0.39 is 0 Å². The number of hydrogen-bond donors (Lipinski definition) is 1. The summed E-state index contributed by atoms with van der Waals surface area (Å²) in [7, 11) is 0. The zero-order valence-electron chi connectivity index (χ0n) is 8.60. The van der Waals surface area contributed by atoms with Gasteiger partial charge in [-0.15, -0.1) is 0 Å². The standard InChI is InChI=1S/C11H12Br2INO/c12-8-3-4-9(10(13)7-8)11(16)15-6-2-1-5-14/h3-4,7H,1-2,5-6H2,(H,15,16). The van der Waals surface area contributed by atoms with Crippen LogP contribution in [-0.4, -0.2) is 16.9 Å². The predicted molar refractivity (Wildman–Crippen MR) is 82.3 cm³/mol. The van der Waals surface area contributed by atoms with Crippen LogP contribution in [0.5, 0.6) is 0 Å². The molecule has 0 atom stereocenters. The van der Waals surface area contributed by atoms with Gasteiger partial charge in [-0.1, -0.05) is 38.5 Å². The Kier molecular flexibility index (Phi) is 6.91. The topological polar surface area (TPSA) is 29.1 Å². The van der Waals surface area contributed by atoms with Crippen LogP contribution in [0.1, 0.15) is 23.2 Å². The first-order valence-electron chi connectivity index (χ1n) is 4.94. The monoisotopic (exact) mass is 459 g/mol. The number of rotatable bonds is 5. The molecule has 0 aliphatic heterocycles. The van der Waals surface area contributed by atoms with Crippen LogP contribution in [-0.2, 0) is 0 Å². The van der Waals surface area contributed by atoms with Gasteiger partial charge in [-0.05, 0) is 51.4 Å². The summed E-state index contributed by atoms with van der Waals surface area (Å²) in [6, 6.07) is 5.55. The summed E-state index contributed by atoms with van der Waals surface area (Å²) >= 11 is 9.07. The zero-order chi connectivity index (χ0) is 12.0. The first-order chi connectivity index (χ1) is 7.65. The summed E-state index contributed by atoms with van der Waals surface area (Å²) < 4.78 is 2.91. The third-order valence-corrected chi connectivity index (χ3v) is 3.93. The Balaban J connectivity index is 2.53. The smallest absolute Gasteiger partial charge is 0.252 e. The molecule has 1 amide bonds. The highest BCUT2D eigenvalue weighted by Gasteiger charge is 2.08. The summed E-state index contributed by atoms with van der Waals surface area (Å²) in [6.07, 6.45) is 2.17. The first kappa shape index (κ1) is 14.4. The predicted octanol–water partition coefficient (Wildman–Crippen LogP) is 4.16. The van der Waals surface area contributed by atoms with Gasteiger partial charge in [-0.2, -0.15) is 0 Å². The second-order valence-electron chi connectivity index (χ2n) is 3.28.